The molecule has 0 aliphatic rings. The Labute approximate surface area is 155 Å². The van der Waals surface area contributed by atoms with Crippen molar-refractivity contribution in [2.45, 2.75) is 6.92 Å². The van der Waals surface area contributed by atoms with E-state index in [4.69, 9.17) is 4.74 Å². The van der Waals surface area contributed by atoms with Gasteiger partial charge in [0.1, 0.15) is 5.82 Å². The van der Waals surface area contributed by atoms with Gasteiger partial charge in [-0.05, 0) is 61.5 Å². The predicted octanol–water partition coefficient (Wildman–Crippen LogP) is 3.22. The van der Waals surface area contributed by atoms with Crippen LogP contribution in [0, 0.1) is 5.82 Å². The number of amides is 1. The Morgan fingerprint density at radius 2 is 1.81 bits per heavy atom. The second kappa shape index (κ2) is 8.27. The third-order valence-corrected chi connectivity index (χ3v) is 3.95. The van der Waals surface area contributed by atoms with Crippen molar-refractivity contribution in [3.8, 4) is 5.69 Å². The zero-order valence-electron chi connectivity index (χ0n) is 14.7. The third-order valence-electron chi connectivity index (χ3n) is 3.95. The van der Waals surface area contributed by atoms with Crippen LogP contribution in [0.5, 0.6) is 0 Å². The first-order valence-corrected chi connectivity index (χ1v) is 8.41. The number of carbonyl (C=O) groups excluding carboxylic acids is 2. The molecule has 0 bridgehead atoms. The maximum Gasteiger partial charge on any atom is 0.338 e. The van der Waals surface area contributed by atoms with Crippen LogP contribution in [0.2, 0.25) is 0 Å². The minimum Gasteiger partial charge on any atom is -0.452 e. The lowest BCUT2D eigenvalue weighted by atomic mass is 10.2. The second-order valence-corrected chi connectivity index (χ2v) is 5.69. The highest BCUT2D eigenvalue weighted by Gasteiger charge is 2.17. The fourth-order valence-corrected chi connectivity index (χ4v) is 2.58. The van der Waals surface area contributed by atoms with Gasteiger partial charge in [0.25, 0.3) is 5.91 Å². The number of anilines is 1. The molecule has 138 valence electrons. The highest BCUT2D eigenvalue weighted by atomic mass is 19.1. The Bertz CT molecular complexity index is 907. The van der Waals surface area contributed by atoms with Crippen molar-refractivity contribution in [2.24, 2.45) is 0 Å². The number of ether oxygens (including phenoxy) is 1. The Morgan fingerprint density at radius 1 is 1.11 bits per heavy atom. The summed E-state index contributed by atoms with van der Waals surface area (Å²) in [7, 11) is 0. The number of halogens is 1. The van der Waals surface area contributed by atoms with Crippen molar-refractivity contribution in [2.75, 3.05) is 18.1 Å². The molecule has 0 aliphatic carbocycles. The molecule has 0 fully saturated rings. The molecule has 1 heterocycles. The summed E-state index contributed by atoms with van der Waals surface area (Å²) < 4.78 is 19.8. The van der Waals surface area contributed by atoms with E-state index < -0.39 is 12.6 Å². The van der Waals surface area contributed by atoms with Gasteiger partial charge in [0.05, 0.1) is 11.3 Å². The highest BCUT2D eigenvalue weighted by molar-refractivity contribution is 5.97. The summed E-state index contributed by atoms with van der Waals surface area (Å²) in [4.78, 5) is 25.9. The molecule has 0 spiro atoms. The topological polar surface area (TPSA) is 64.4 Å². The molecule has 0 saturated heterocycles. The molecule has 0 aliphatic heterocycles. The Morgan fingerprint density at radius 3 is 2.41 bits per heavy atom. The number of rotatable bonds is 6. The largest absolute Gasteiger partial charge is 0.452 e. The minimum absolute atomic E-state index is 0.337. The average Bonchev–Trinajstić information content (AvgIpc) is 3.23. The highest BCUT2D eigenvalue weighted by Crippen LogP contribution is 2.15. The number of carbonyl (C=O) groups is 2. The fourth-order valence-electron chi connectivity index (χ4n) is 2.58. The van der Waals surface area contributed by atoms with Crippen molar-refractivity contribution in [3.63, 3.8) is 0 Å². The van der Waals surface area contributed by atoms with Crippen LogP contribution < -0.4 is 4.90 Å². The molecule has 1 aromatic heterocycles. The van der Waals surface area contributed by atoms with Gasteiger partial charge in [-0.2, -0.15) is 5.10 Å². The van der Waals surface area contributed by atoms with Gasteiger partial charge >= 0.3 is 5.97 Å². The molecule has 0 atom stereocenters. The van der Waals surface area contributed by atoms with Gasteiger partial charge in [0.2, 0.25) is 0 Å². The van der Waals surface area contributed by atoms with Gasteiger partial charge < -0.3 is 9.64 Å². The summed E-state index contributed by atoms with van der Waals surface area (Å²) >= 11 is 0. The molecule has 0 saturated carbocycles. The minimum atomic E-state index is -0.592. The smallest absolute Gasteiger partial charge is 0.338 e. The molecule has 1 amide bonds. The Balaban J connectivity index is 1.60. The van der Waals surface area contributed by atoms with Crippen molar-refractivity contribution >= 4 is 17.6 Å². The van der Waals surface area contributed by atoms with Crippen molar-refractivity contribution in [1.82, 2.24) is 9.78 Å². The van der Waals surface area contributed by atoms with Crippen molar-refractivity contribution in [3.05, 3.63) is 78.4 Å². The van der Waals surface area contributed by atoms with E-state index in [9.17, 15) is 14.0 Å². The lowest BCUT2D eigenvalue weighted by molar-refractivity contribution is -0.121. The number of likely N-dealkylation sites (N-methyl/N-ethyl adjacent to an activating group) is 1. The van der Waals surface area contributed by atoms with Gasteiger partial charge in [0.15, 0.2) is 6.61 Å². The van der Waals surface area contributed by atoms with Gasteiger partial charge in [-0.25, -0.2) is 13.9 Å². The van der Waals surface area contributed by atoms with Gasteiger partial charge in [-0.1, -0.05) is 0 Å². The van der Waals surface area contributed by atoms with E-state index in [0.717, 1.165) is 5.69 Å². The maximum absolute atomic E-state index is 13.0. The molecule has 6 nitrogen and oxygen atoms in total. The van der Waals surface area contributed by atoms with Crippen molar-refractivity contribution < 1.29 is 18.7 Å². The number of hydrogen-bond donors (Lipinski definition) is 0. The number of hydrogen-bond acceptors (Lipinski definition) is 4. The molecule has 2 aromatic carbocycles. The van der Waals surface area contributed by atoms with Gasteiger partial charge in [-0.3, -0.25) is 4.79 Å². The standard InChI is InChI=1S/C20H18FN3O3/c1-2-23(17-10-6-16(21)7-11-17)19(25)14-27-20(26)15-4-8-18(9-5-15)24-13-3-12-22-24/h3-13H,2,14H2,1H3. The van der Waals surface area contributed by atoms with Crippen molar-refractivity contribution in [1.29, 1.82) is 0 Å². The average molecular weight is 367 g/mol. The lowest BCUT2D eigenvalue weighted by Gasteiger charge is -2.20. The van der Waals surface area contributed by atoms with Crippen LogP contribution in [0.1, 0.15) is 17.3 Å². The first-order chi connectivity index (χ1) is 13.1. The molecule has 27 heavy (non-hydrogen) atoms. The van der Waals surface area contributed by atoms with Crippen LogP contribution in [0.4, 0.5) is 10.1 Å². The van der Waals surface area contributed by atoms with Crippen LogP contribution in [0.15, 0.2) is 67.0 Å². The SMILES string of the molecule is CCN(C(=O)COC(=O)c1ccc(-n2cccn2)cc1)c1ccc(F)cc1. The number of aromatic nitrogens is 2. The van der Waals surface area contributed by atoms with E-state index in [1.807, 2.05) is 0 Å². The van der Waals surface area contributed by atoms with Gasteiger partial charge in [0, 0.05) is 24.6 Å². The number of nitrogens with zero attached hydrogens (tertiary/aromatic N) is 3. The van der Waals surface area contributed by atoms with Crippen LogP contribution in [-0.2, 0) is 9.53 Å². The lowest BCUT2D eigenvalue weighted by Crippen LogP contribution is -2.34. The third kappa shape index (κ3) is 4.38. The quantitative estimate of drug-likeness (QED) is 0.628. The van der Waals surface area contributed by atoms with Crippen LogP contribution in [0.25, 0.3) is 5.69 Å². The zero-order chi connectivity index (χ0) is 19.2. The maximum atomic E-state index is 13.0. The molecule has 0 unspecified atom stereocenters. The molecular weight excluding hydrogens is 349 g/mol. The van der Waals surface area contributed by atoms with Crippen LogP contribution in [-0.4, -0.2) is 34.8 Å². The summed E-state index contributed by atoms with van der Waals surface area (Å²) in [6.07, 6.45) is 3.45. The van der Waals surface area contributed by atoms with E-state index in [2.05, 4.69) is 5.10 Å². The van der Waals surface area contributed by atoms with E-state index in [-0.39, 0.29) is 11.7 Å². The summed E-state index contributed by atoms with van der Waals surface area (Å²) in [5.41, 5.74) is 1.69. The van der Waals surface area contributed by atoms with Gasteiger partial charge in [-0.15, -0.1) is 0 Å². The Hall–Kier alpha value is -3.48. The molecule has 0 radical (unpaired) electrons. The summed E-state index contributed by atoms with van der Waals surface area (Å²) in [5, 5.41) is 4.11. The molecule has 3 rings (SSSR count). The first-order valence-electron chi connectivity index (χ1n) is 8.41. The normalized spacial score (nSPS) is 10.4. The number of esters is 1. The van der Waals surface area contributed by atoms with Crippen LogP contribution >= 0.6 is 0 Å². The summed E-state index contributed by atoms with van der Waals surface area (Å²) in [5.74, 6) is -1.36. The number of benzene rings is 2. The predicted molar refractivity (Wildman–Crippen MR) is 98.3 cm³/mol. The summed E-state index contributed by atoms with van der Waals surface area (Å²) in [6.45, 7) is 1.77. The fraction of sp³-hybridized carbons (Fsp3) is 0.150. The Kier molecular flexibility index (Phi) is 5.61. The van der Waals surface area contributed by atoms with E-state index in [1.54, 1.807) is 54.3 Å². The molecular formula is C20H18FN3O3. The van der Waals surface area contributed by atoms with E-state index in [1.165, 1.54) is 29.2 Å². The molecule has 0 N–H and O–H groups in total. The monoisotopic (exact) mass is 367 g/mol. The van der Waals surface area contributed by atoms with E-state index in [0.29, 0.717) is 17.8 Å². The molecule has 3 aromatic rings. The van der Waals surface area contributed by atoms with Crippen LogP contribution in [0.3, 0.4) is 0 Å². The second-order valence-electron chi connectivity index (χ2n) is 5.69. The van der Waals surface area contributed by atoms with E-state index >= 15 is 0 Å². The first kappa shape index (κ1) is 18.3. The summed E-state index contributed by atoms with van der Waals surface area (Å²) in [6, 6.07) is 14.1. The molecule has 7 heteroatoms. The zero-order valence-corrected chi connectivity index (χ0v) is 14.7.